The molecule has 24 heavy (non-hydrogen) atoms. The van der Waals surface area contributed by atoms with Crippen LogP contribution in [0.2, 0.25) is 10.0 Å². The van der Waals surface area contributed by atoms with E-state index < -0.39 is 5.91 Å². The number of carbonyl (C=O) groups is 1. The Morgan fingerprint density at radius 3 is 2.88 bits per heavy atom. The number of amides is 1. The lowest BCUT2D eigenvalue weighted by atomic mass is 10.2. The van der Waals surface area contributed by atoms with Gasteiger partial charge in [0.2, 0.25) is 0 Å². The molecule has 122 valence electrons. The topological polar surface area (TPSA) is 71.5 Å². The molecule has 2 aromatic carbocycles. The van der Waals surface area contributed by atoms with Crippen molar-refractivity contribution in [3.63, 3.8) is 0 Å². The van der Waals surface area contributed by atoms with E-state index in [-0.39, 0.29) is 18.0 Å². The molecular weight excluding hydrogens is 351 g/mol. The van der Waals surface area contributed by atoms with Gasteiger partial charge in [0, 0.05) is 16.6 Å². The number of rotatable bonds is 4. The number of anilines is 1. The van der Waals surface area contributed by atoms with Crippen molar-refractivity contribution >= 4 is 45.7 Å². The van der Waals surface area contributed by atoms with Crippen molar-refractivity contribution in [3.8, 4) is 11.5 Å². The molecule has 0 radical (unpaired) electrons. The summed E-state index contributed by atoms with van der Waals surface area (Å²) in [4.78, 5) is 16.2. The van der Waals surface area contributed by atoms with Crippen LogP contribution in [0, 0.1) is 0 Å². The molecule has 0 aliphatic rings. The second-order valence-corrected chi connectivity index (χ2v) is 5.79. The fraction of sp³-hybridized carbons (Fsp3) is 0.0588. The number of hydrogen-bond acceptors (Lipinski definition) is 4. The molecule has 1 aromatic heterocycles. The fourth-order valence-electron chi connectivity index (χ4n) is 2.17. The highest BCUT2D eigenvalue weighted by Gasteiger charge is 2.11. The molecule has 3 rings (SSSR count). The number of nitrogens with zero attached hydrogens (tertiary/aromatic N) is 1. The van der Waals surface area contributed by atoms with Gasteiger partial charge in [0.1, 0.15) is 17.0 Å². The third-order valence-electron chi connectivity index (χ3n) is 3.27. The minimum atomic E-state index is -0.438. The van der Waals surface area contributed by atoms with E-state index in [1.54, 1.807) is 24.4 Å². The summed E-state index contributed by atoms with van der Waals surface area (Å²) in [7, 11) is 0. The molecule has 0 aliphatic heterocycles. The van der Waals surface area contributed by atoms with Crippen molar-refractivity contribution in [1.29, 1.82) is 0 Å². The smallest absolute Gasteiger partial charge is 0.262 e. The van der Waals surface area contributed by atoms with Gasteiger partial charge in [-0.15, -0.1) is 0 Å². The van der Waals surface area contributed by atoms with E-state index in [4.69, 9.17) is 27.9 Å². The number of ether oxygens (including phenoxy) is 1. The summed E-state index contributed by atoms with van der Waals surface area (Å²) >= 11 is 12.0. The molecular formula is C17H12Cl2N2O3. The Hall–Kier alpha value is -2.50. The molecule has 0 spiro atoms. The molecule has 0 unspecified atom stereocenters. The molecule has 0 fully saturated rings. The van der Waals surface area contributed by atoms with Crippen molar-refractivity contribution in [1.82, 2.24) is 4.98 Å². The lowest BCUT2D eigenvalue weighted by molar-refractivity contribution is -0.118. The van der Waals surface area contributed by atoms with Gasteiger partial charge in [0.05, 0.1) is 10.7 Å². The Morgan fingerprint density at radius 1 is 1.21 bits per heavy atom. The SMILES string of the molecule is O=C(COc1ccc(Cl)c2cccnc12)Nc1cc(Cl)ccc1O. The molecule has 0 bridgehead atoms. The number of fused-ring (bicyclic) bond motifs is 1. The summed E-state index contributed by atoms with van der Waals surface area (Å²) in [6.45, 7) is -0.251. The fourth-order valence-corrected chi connectivity index (χ4v) is 2.55. The van der Waals surface area contributed by atoms with E-state index in [1.807, 2.05) is 6.07 Å². The first-order valence-electron chi connectivity index (χ1n) is 6.99. The van der Waals surface area contributed by atoms with Crippen LogP contribution in [-0.2, 0) is 4.79 Å². The van der Waals surface area contributed by atoms with Crippen molar-refractivity contribution < 1.29 is 14.6 Å². The maximum atomic E-state index is 12.0. The van der Waals surface area contributed by atoms with Crippen molar-refractivity contribution in [2.24, 2.45) is 0 Å². The molecule has 1 heterocycles. The highest BCUT2D eigenvalue weighted by atomic mass is 35.5. The number of benzene rings is 2. The standard InChI is InChI=1S/C17H12Cl2N2O3/c18-10-3-5-14(22)13(8-10)21-16(23)9-24-15-6-4-12(19)11-2-1-7-20-17(11)15/h1-8,22H,9H2,(H,21,23). The third-order valence-corrected chi connectivity index (χ3v) is 3.84. The molecule has 1 amide bonds. The van der Waals surface area contributed by atoms with Crippen LogP contribution in [0.4, 0.5) is 5.69 Å². The number of aromatic nitrogens is 1. The summed E-state index contributed by atoms with van der Waals surface area (Å²) in [5.74, 6) is -0.0709. The monoisotopic (exact) mass is 362 g/mol. The molecule has 0 aliphatic carbocycles. The average molecular weight is 363 g/mol. The maximum absolute atomic E-state index is 12.0. The van der Waals surface area contributed by atoms with E-state index in [0.29, 0.717) is 21.3 Å². The third kappa shape index (κ3) is 3.53. The first kappa shape index (κ1) is 16.4. The number of aromatic hydroxyl groups is 1. The Morgan fingerprint density at radius 2 is 2.04 bits per heavy atom. The molecule has 0 saturated carbocycles. The average Bonchev–Trinajstić information content (AvgIpc) is 2.58. The zero-order valence-corrected chi connectivity index (χ0v) is 13.8. The van der Waals surface area contributed by atoms with Crippen molar-refractivity contribution in [2.45, 2.75) is 0 Å². The van der Waals surface area contributed by atoms with Gasteiger partial charge in [-0.25, -0.2) is 0 Å². The molecule has 0 atom stereocenters. The van der Waals surface area contributed by atoms with Gasteiger partial charge in [-0.3, -0.25) is 9.78 Å². The number of pyridine rings is 1. The zero-order chi connectivity index (χ0) is 17.1. The van der Waals surface area contributed by atoms with Crippen LogP contribution >= 0.6 is 23.2 Å². The van der Waals surface area contributed by atoms with Crippen molar-refractivity contribution in [3.05, 3.63) is 58.7 Å². The molecule has 0 saturated heterocycles. The number of hydrogen-bond donors (Lipinski definition) is 2. The summed E-state index contributed by atoms with van der Waals surface area (Å²) < 4.78 is 5.53. The van der Waals surface area contributed by atoms with E-state index in [9.17, 15) is 9.90 Å². The quantitative estimate of drug-likeness (QED) is 0.680. The van der Waals surface area contributed by atoms with E-state index in [1.165, 1.54) is 18.2 Å². The van der Waals surface area contributed by atoms with Gasteiger partial charge >= 0.3 is 0 Å². The summed E-state index contributed by atoms with van der Waals surface area (Å²) in [5, 5.41) is 13.9. The second-order valence-electron chi connectivity index (χ2n) is 4.94. The number of halogens is 2. The minimum absolute atomic E-state index is 0.0774. The second kappa shape index (κ2) is 6.95. The van der Waals surface area contributed by atoms with Crippen LogP contribution in [0.3, 0.4) is 0 Å². The number of carbonyl (C=O) groups excluding carboxylic acids is 1. The molecule has 2 N–H and O–H groups in total. The number of phenolic OH excluding ortho intramolecular Hbond substituents is 1. The van der Waals surface area contributed by atoms with Gasteiger partial charge in [0.25, 0.3) is 5.91 Å². The lowest BCUT2D eigenvalue weighted by Gasteiger charge is -2.11. The largest absolute Gasteiger partial charge is 0.506 e. The minimum Gasteiger partial charge on any atom is -0.506 e. The van der Waals surface area contributed by atoms with Crippen molar-refractivity contribution in [2.75, 3.05) is 11.9 Å². The Balaban J connectivity index is 1.73. The van der Waals surface area contributed by atoms with E-state index >= 15 is 0 Å². The Bertz CT molecular complexity index is 915. The van der Waals surface area contributed by atoms with Gasteiger partial charge in [-0.1, -0.05) is 23.2 Å². The van der Waals surface area contributed by atoms with E-state index in [0.717, 1.165) is 5.39 Å². The summed E-state index contributed by atoms with van der Waals surface area (Å²) in [6.07, 6.45) is 1.62. The normalized spacial score (nSPS) is 10.6. The highest BCUT2D eigenvalue weighted by Crippen LogP contribution is 2.30. The number of phenols is 1. The van der Waals surface area contributed by atoms with Gasteiger partial charge < -0.3 is 15.2 Å². The Labute approximate surface area is 147 Å². The predicted octanol–water partition coefficient (Wildman–Crippen LogP) is 4.26. The Kier molecular flexibility index (Phi) is 4.74. The molecule has 3 aromatic rings. The number of nitrogens with one attached hydrogen (secondary N) is 1. The van der Waals surface area contributed by atoms with Crippen LogP contribution in [0.25, 0.3) is 10.9 Å². The van der Waals surface area contributed by atoms with E-state index in [2.05, 4.69) is 10.3 Å². The van der Waals surface area contributed by atoms with Crippen LogP contribution in [-0.4, -0.2) is 22.6 Å². The maximum Gasteiger partial charge on any atom is 0.262 e. The van der Waals surface area contributed by atoms with Crippen LogP contribution < -0.4 is 10.1 Å². The van der Waals surface area contributed by atoms with Gasteiger partial charge in [-0.2, -0.15) is 0 Å². The lowest BCUT2D eigenvalue weighted by Crippen LogP contribution is -2.20. The first-order chi connectivity index (χ1) is 11.5. The summed E-state index contributed by atoms with van der Waals surface area (Å²) in [6, 6.07) is 11.3. The molecule has 5 nitrogen and oxygen atoms in total. The zero-order valence-electron chi connectivity index (χ0n) is 12.3. The predicted molar refractivity (Wildman–Crippen MR) is 94.0 cm³/mol. The van der Waals surface area contributed by atoms with Gasteiger partial charge in [0.15, 0.2) is 6.61 Å². The summed E-state index contributed by atoms with van der Waals surface area (Å²) in [5.41, 5.74) is 0.790. The molecule has 7 heteroatoms. The highest BCUT2D eigenvalue weighted by molar-refractivity contribution is 6.35. The first-order valence-corrected chi connectivity index (χ1v) is 7.74. The van der Waals surface area contributed by atoms with Crippen LogP contribution in [0.15, 0.2) is 48.7 Å². The van der Waals surface area contributed by atoms with Gasteiger partial charge in [-0.05, 0) is 42.5 Å². The van der Waals surface area contributed by atoms with Crippen LogP contribution in [0.5, 0.6) is 11.5 Å². The van der Waals surface area contributed by atoms with Crippen LogP contribution in [0.1, 0.15) is 0 Å².